The molecule has 8 rings (SSSR count). The van der Waals surface area contributed by atoms with Crippen LogP contribution in [0.2, 0.25) is 0 Å². The molecule has 1 aromatic heterocycles. The maximum Gasteiger partial charge on any atom is 0.160 e. The van der Waals surface area contributed by atoms with Crippen molar-refractivity contribution < 1.29 is 0 Å². The summed E-state index contributed by atoms with van der Waals surface area (Å²) in [5, 5.41) is 2.33. The van der Waals surface area contributed by atoms with Crippen LogP contribution in [0, 0.1) is 6.92 Å². The second-order valence-corrected chi connectivity index (χ2v) is 11.3. The number of anilines is 1. The van der Waals surface area contributed by atoms with E-state index < -0.39 is 0 Å². The Morgan fingerprint density at radius 2 is 1.58 bits per heavy atom. The van der Waals surface area contributed by atoms with Crippen molar-refractivity contribution >= 4 is 27.9 Å². The van der Waals surface area contributed by atoms with Crippen molar-refractivity contribution in [1.29, 1.82) is 0 Å². The van der Waals surface area contributed by atoms with Gasteiger partial charge >= 0.3 is 0 Å². The summed E-state index contributed by atoms with van der Waals surface area (Å²) < 4.78 is 2.30. The van der Waals surface area contributed by atoms with E-state index in [9.17, 15) is 0 Å². The number of benzene rings is 4. The Balaban J connectivity index is 1.38. The van der Waals surface area contributed by atoms with E-state index in [1.54, 1.807) is 0 Å². The predicted molar refractivity (Wildman–Crippen MR) is 157 cm³/mol. The molecule has 5 aromatic rings. The number of fused-ring (bicyclic) bond motifs is 4. The zero-order valence-corrected chi connectivity index (χ0v) is 21.9. The van der Waals surface area contributed by atoms with Crippen molar-refractivity contribution in [1.82, 2.24) is 9.66 Å². The molecule has 2 heterocycles. The summed E-state index contributed by atoms with van der Waals surface area (Å²) in [5.74, 6) is 1.31. The second-order valence-electron chi connectivity index (χ2n) is 11.3. The van der Waals surface area contributed by atoms with Crippen molar-refractivity contribution in [3.05, 3.63) is 131 Å². The van der Waals surface area contributed by atoms with Gasteiger partial charge in [-0.2, -0.15) is 0 Å². The van der Waals surface area contributed by atoms with Gasteiger partial charge in [-0.3, -0.25) is 5.01 Å². The van der Waals surface area contributed by atoms with Crippen LogP contribution in [-0.4, -0.2) is 9.66 Å². The van der Waals surface area contributed by atoms with Gasteiger partial charge in [0.2, 0.25) is 0 Å². The number of allylic oxidation sites excluding steroid dienone is 3. The molecule has 0 N–H and O–H groups in total. The van der Waals surface area contributed by atoms with Crippen LogP contribution >= 0.6 is 0 Å². The summed E-state index contributed by atoms with van der Waals surface area (Å²) in [7, 11) is 0. The smallest absolute Gasteiger partial charge is 0.160 e. The molecule has 0 spiro atoms. The van der Waals surface area contributed by atoms with Crippen LogP contribution in [0.25, 0.3) is 33.6 Å². The topological polar surface area (TPSA) is 21.1 Å². The number of nitrogens with zero attached hydrogens (tertiary/aromatic N) is 3. The van der Waals surface area contributed by atoms with Crippen LogP contribution in [0.1, 0.15) is 54.0 Å². The summed E-state index contributed by atoms with van der Waals surface area (Å²) in [5.41, 5.74) is 14.4. The maximum atomic E-state index is 5.19. The molecular formula is C35H29N3. The molecule has 3 nitrogen and oxygen atoms in total. The van der Waals surface area contributed by atoms with Crippen LogP contribution in [0.15, 0.2) is 103 Å². The zero-order valence-electron chi connectivity index (χ0n) is 21.9. The Labute approximate surface area is 223 Å². The molecule has 0 radical (unpaired) electrons. The Kier molecular flexibility index (Phi) is 4.33. The van der Waals surface area contributed by atoms with Gasteiger partial charge in [-0.15, -0.1) is 0 Å². The van der Waals surface area contributed by atoms with E-state index in [4.69, 9.17) is 4.98 Å². The van der Waals surface area contributed by atoms with E-state index in [2.05, 4.69) is 134 Å². The van der Waals surface area contributed by atoms with Crippen molar-refractivity contribution in [3.8, 4) is 11.4 Å². The highest BCUT2D eigenvalue weighted by molar-refractivity contribution is 6.05. The molecule has 0 saturated heterocycles. The monoisotopic (exact) mass is 491 g/mol. The van der Waals surface area contributed by atoms with Crippen LogP contribution in [0.4, 0.5) is 5.69 Å². The standard InChI is InChI=1S/C35H29N3/c1-22-11-9-18-30-33(22)36-34(23-12-5-4-6-13-23)38(30)37-20-19-24-21-27-25-14-7-8-16-28(25)35(2,3)32(27)26-15-10-17-29(37)31(24)26/h4-20,24H,21H2,1-3H3. The zero-order chi connectivity index (χ0) is 25.6. The quantitative estimate of drug-likeness (QED) is 0.247. The molecule has 3 heteroatoms. The van der Waals surface area contributed by atoms with Crippen LogP contribution in [-0.2, 0) is 5.41 Å². The Morgan fingerprint density at radius 1 is 0.816 bits per heavy atom. The summed E-state index contributed by atoms with van der Waals surface area (Å²) >= 11 is 0. The third-order valence-electron chi connectivity index (χ3n) is 8.82. The summed E-state index contributed by atoms with van der Waals surface area (Å²) in [4.78, 5) is 5.19. The summed E-state index contributed by atoms with van der Waals surface area (Å²) in [6, 6.07) is 32.9. The minimum absolute atomic E-state index is 0.0218. The molecular weight excluding hydrogens is 462 g/mol. The lowest BCUT2D eigenvalue weighted by Crippen LogP contribution is -2.30. The van der Waals surface area contributed by atoms with Crippen molar-refractivity contribution in [2.45, 2.75) is 38.5 Å². The SMILES string of the molecule is Cc1cccc2c1nc(-c1ccccc1)n2N1C=CC2CC3=C(c4cccc1c42)C(C)(C)c1ccccc13. The first-order chi connectivity index (χ1) is 18.5. The average Bonchev–Trinajstić information content (AvgIpc) is 3.44. The number of hydrogen-bond acceptors (Lipinski definition) is 2. The van der Waals surface area contributed by atoms with Crippen LogP contribution in [0.5, 0.6) is 0 Å². The molecule has 0 fully saturated rings. The lowest BCUT2D eigenvalue weighted by molar-refractivity contribution is 0.695. The number of imidazole rings is 1. The van der Waals surface area contributed by atoms with E-state index in [-0.39, 0.29) is 5.41 Å². The average molecular weight is 492 g/mol. The Bertz CT molecular complexity index is 1830. The minimum atomic E-state index is -0.0218. The first-order valence-electron chi connectivity index (χ1n) is 13.5. The Hall–Kier alpha value is -4.37. The van der Waals surface area contributed by atoms with Crippen LogP contribution in [0.3, 0.4) is 0 Å². The van der Waals surface area contributed by atoms with Gasteiger partial charge in [0, 0.05) is 23.1 Å². The third kappa shape index (κ3) is 2.76. The first kappa shape index (κ1) is 21.7. The largest absolute Gasteiger partial charge is 0.255 e. The van der Waals surface area contributed by atoms with Crippen LogP contribution < -0.4 is 5.01 Å². The van der Waals surface area contributed by atoms with E-state index in [1.807, 2.05) is 0 Å². The molecule has 0 amide bonds. The van der Waals surface area contributed by atoms with Gasteiger partial charge in [0.25, 0.3) is 0 Å². The van der Waals surface area contributed by atoms with Gasteiger partial charge in [0.1, 0.15) is 0 Å². The third-order valence-corrected chi connectivity index (χ3v) is 8.82. The highest BCUT2D eigenvalue weighted by atomic mass is 15.6. The molecule has 38 heavy (non-hydrogen) atoms. The molecule has 2 aliphatic carbocycles. The van der Waals surface area contributed by atoms with E-state index >= 15 is 0 Å². The molecule has 0 saturated carbocycles. The Morgan fingerprint density at radius 3 is 2.45 bits per heavy atom. The first-order valence-corrected chi connectivity index (χ1v) is 13.5. The second kappa shape index (κ2) is 7.58. The number of rotatable bonds is 2. The van der Waals surface area contributed by atoms with Gasteiger partial charge < -0.3 is 0 Å². The normalized spacial score (nSPS) is 18.5. The number of aryl methyl sites for hydroxylation is 1. The summed E-state index contributed by atoms with van der Waals surface area (Å²) in [6.07, 6.45) is 5.71. The van der Waals surface area contributed by atoms with Gasteiger partial charge in [-0.05, 0) is 64.4 Å². The van der Waals surface area contributed by atoms with Crippen molar-refractivity contribution in [2.75, 3.05) is 5.01 Å². The minimum Gasteiger partial charge on any atom is -0.255 e. The lowest BCUT2D eigenvalue weighted by atomic mass is 9.71. The van der Waals surface area contributed by atoms with Crippen molar-refractivity contribution in [3.63, 3.8) is 0 Å². The van der Waals surface area contributed by atoms with Gasteiger partial charge in [0.15, 0.2) is 5.82 Å². The van der Waals surface area contributed by atoms with Gasteiger partial charge in [-0.1, -0.05) is 98.8 Å². The molecule has 1 unspecified atom stereocenters. The molecule has 3 aliphatic rings. The number of hydrogen-bond donors (Lipinski definition) is 0. The lowest BCUT2D eigenvalue weighted by Gasteiger charge is -2.38. The molecule has 1 aliphatic heterocycles. The number of para-hydroxylation sites is 1. The highest BCUT2D eigenvalue weighted by Gasteiger charge is 2.44. The van der Waals surface area contributed by atoms with E-state index in [1.165, 1.54) is 44.7 Å². The molecule has 184 valence electrons. The van der Waals surface area contributed by atoms with Gasteiger partial charge in [-0.25, -0.2) is 9.66 Å². The maximum absolute atomic E-state index is 5.19. The van der Waals surface area contributed by atoms with Crippen molar-refractivity contribution in [2.24, 2.45) is 0 Å². The highest BCUT2D eigenvalue weighted by Crippen LogP contribution is 2.59. The molecule has 4 aromatic carbocycles. The van der Waals surface area contributed by atoms with E-state index in [0.29, 0.717) is 5.92 Å². The van der Waals surface area contributed by atoms with Gasteiger partial charge in [0.05, 0.1) is 16.7 Å². The van der Waals surface area contributed by atoms with E-state index in [0.717, 1.165) is 28.8 Å². The predicted octanol–water partition coefficient (Wildman–Crippen LogP) is 8.50. The molecule has 1 atom stereocenters. The fourth-order valence-electron chi connectivity index (χ4n) is 7.16. The molecule has 0 bridgehead atoms. The fraction of sp³-hybridized carbons (Fsp3) is 0.171. The number of aromatic nitrogens is 2. The fourth-order valence-corrected chi connectivity index (χ4v) is 7.16. The summed E-state index contributed by atoms with van der Waals surface area (Å²) in [6.45, 7) is 6.93.